The van der Waals surface area contributed by atoms with Crippen molar-refractivity contribution in [3.05, 3.63) is 89.5 Å². The number of benzene rings is 3. The van der Waals surface area contributed by atoms with Crippen LogP contribution in [0, 0.1) is 0 Å². The van der Waals surface area contributed by atoms with E-state index in [4.69, 9.17) is 5.73 Å². The molecule has 9 heteroatoms. The first kappa shape index (κ1) is 28.2. The number of hydrogen-bond acceptors (Lipinski definition) is 5. The molecule has 1 heterocycles. The van der Waals surface area contributed by atoms with Crippen molar-refractivity contribution < 1.29 is 14.4 Å². The van der Waals surface area contributed by atoms with Crippen LogP contribution in [0.4, 0.5) is 4.79 Å². The predicted molar refractivity (Wildman–Crippen MR) is 155 cm³/mol. The van der Waals surface area contributed by atoms with E-state index in [0.717, 1.165) is 32.7 Å². The van der Waals surface area contributed by atoms with Crippen molar-refractivity contribution in [2.24, 2.45) is 5.73 Å². The van der Waals surface area contributed by atoms with Crippen LogP contribution in [-0.4, -0.2) is 40.2 Å². The predicted octanol–water partition coefficient (Wildman–Crippen LogP) is 3.99. The summed E-state index contributed by atoms with van der Waals surface area (Å²) in [4.78, 5) is 40.8. The number of hydrogen-bond donors (Lipinski definition) is 4. The minimum absolute atomic E-state index is 0.167. The summed E-state index contributed by atoms with van der Waals surface area (Å²) in [6, 6.07) is 23.7. The Hall–Kier alpha value is -3.82. The van der Waals surface area contributed by atoms with Crippen molar-refractivity contribution in [1.29, 1.82) is 0 Å². The van der Waals surface area contributed by atoms with Gasteiger partial charge in [0.25, 0.3) is 5.91 Å². The molecular formula is C30H35N5O3S. The normalized spacial score (nSPS) is 15.2. The number of carbonyl (C=O) groups excluding carboxylic acids is 3. The summed E-state index contributed by atoms with van der Waals surface area (Å²) in [6.07, 6.45) is 0. The molecule has 1 aliphatic rings. The number of thioether (sulfide) groups is 1. The van der Waals surface area contributed by atoms with Crippen LogP contribution in [0.15, 0.2) is 77.7 Å². The second kappa shape index (κ2) is 12.4. The van der Waals surface area contributed by atoms with E-state index in [2.05, 4.69) is 16.0 Å². The Morgan fingerprint density at radius 2 is 1.69 bits per heavy atom. The zero-order chi connectivity index (χ0) is 28.0. The van der Waals surface area contributed by atoms with Crippen LogP contribution in [0.1, 0.15) is 37.5 Å². The Kier molecular flexibility index (Phi) is 8.93. The maximum Gasteiger partial charge on any atom is 0.315 e. The van der Waals surface area contributed by atoms with Crippen molar-refractivity contribution in [1.82, 2.24) is 20.9 Å². The molecule has 0 aliphatic carbocycles. The van der Waals surface area contributed by atoms with Crippen LogP contribution in [0.5, 0.6) is 0 Å². The minimum atomic E-state index is -1.10. The number of fused-ring (bicyclic) bond motifs is 1. The molecule has 3 aromatic carbocycles. The third kappa shape index (κ3) is 7.19. The largest absolute Gasteiger partial charge is 0.338 e. The molecule has 5 N–H and O–H groups in total. The minimum Gasteiger partial charge on any atom is -0.338 e. The lowest BCUT2D eigenvalue weighted by Crippen LogP contribution is -2.54. The van der Waals surface area contributed by atoms with Gasteiger partial charge in [0, 0.05) is 31.1 Å². The van der Waals surface area contributed by atoms with E-state index in [1.165, 1.54) is 11.8 Å². The van der Waals surface area contributed by atoms with E-state index in [1.807, 2.05) is 79.7 Å². The molecule has 39 heavy (non-hydrogen) atoms. The molecule has 0 saturated heterocycles. The van der Waals surface area contributed by atoms with Gasteiger partial charge in [0.05, 0.1) is 5.54 Å². The van der Waals surface area contributed by atoms with Gasteiger partial charge in [-0.3, -0.25) is 9.59 Å². The second-order valence-electron chi connectivity index (χ2n) is 10.1. The maximum atomic E-state index is 13.6. The van der Waals surface area contributed by atoms with Gasteiger partial charge in [-0.05, 0) is 54.7 Å². The lowest BCUT2D eigenvalue weighted by atomic mass is 9.98. The average Bonchev–Trinajstić information content (AvgIpc) is 3.04. The third-order valence-corrected chi connectivity index (χ3v) is 7.60. The highest BCUT2D eigenvalue weighted by Gasteiger charge is 2.34. The van der Waals surface area contributed by atoms with E-state index in [9.17, 15) is 14.4 Å². The van der Waals surface area contributed by atoms with Gasteiger partial charge in [0.2, 0.25) is 5.91 Å². The molecule has 3 aromatic rings. The van der Waals surface area contributed by atoms with Gasteiger partial charge in [0.1, 0.15) is 0 Å². The van der Waals surface area contributed by atoms with Crippen LogP contribution in [0.25, 0.3) is 11.1 Å². The van der Waals surface area contributed by atoms with E-state index in [-0.39, 0.29) is 17.8 Å². The molecule has 4 amide bonds. The first-order chi connectivity index (χ1) is 18.7. The van der Waals surface area contributed by atoms with Crippen LogP contribution < -0.4 is 21.7 Å². The van der Waals surface area contributed by atoms with Gasteiger partial charge in [-0.15, -0.1) is 0 Å². The van der Waals surface area contributed by atoms with Crippen molar-refractivity contribution >= 4 is 29.6 Å². The number of carbonyl (C=O) groups is 3. The first-order valence-corrected chi connectivity index (χ1v) is 13.9. The summed E-state index contributed by atoms with van der Waals surface area (Å²) < 4.78 is 0. The highest BCUT2D eigenvalue weighted by atomic mass is 32.2. The molecule has 1 aliphatic heterocycles. The highest BCUT2D eigenvalue weighted by Crippen LogP contribution is 2.33. The molecule has 0 aromatic heterocycles. The molecule has 204 valence electrons. The Morgan fingerprint density at radius 1 is 1.00 bits per heavy atom. The van der Waals surface area contributed by atoms with Gasteiger partial charge in [-0.2, -0.15) is 0 Å². The average molecular weight is 546 g/mol. The molecule has 4 rings (SSSR count). The monoisotopic (exact) mass is 545 g/mol. The number of amides is 4. The van der Waals surface area contributed by atoms with Crippen LogP contribution in [0.3, 0.4) is 0 Å². The lowest BCUT2D eigenvalue weighted by Gasteiger charge is -2.27. The Bertz CT molecular complexity index is 1340. The Morgan fingerprint density at radius 3 is 2.41 bits per heavy atom. The summed E-state index contributed by atoms with van der Waals surface area (Å²) in [5.74, 6) is -0.544. The van der Waals surface area contributed by atoms with Gasteiger partial charge in [-0.1, -0.05) is 78.5 Å². The SMILES string of the molecule is CCNC(=O)NCc1ccccc1-c1ccc(CN2Cc3ccccc3S[C@@H](NC(=O)C(C)(C)N)C2=O)cc1. The molecule has 0 unspecified atom stereocenters. The number of rotatable bonds is 8. The topological polar surface area (TPSA) is 117 Å². The third-order valence-electron chi connectivity index (χ3n) is 6.39. The number of nitrogens with zero attached hydrogens (tertiary/aromatic N) is 1. The molecular weight excluding hydrogens is 510 g/mol. The zero-order valence-electron chi connectivity index (χ0n) is 22.5. The smallest absolute Gasteiger partial charge is 0.315 e. The second-order valence-corrected chi connectivity index (χ2v) is 11.2. The van der Waals surface area contributed by atoms with E-state index >= 15 is 0 Å². The molecule has 0 radical (unpaired) electrons. The molecule has 8 nitrogen and oxygen atoms in total. The van der Waals surface area contributed by atoms with Gasteiger partial charge in [-0.25, -0.2) is 4.79 Å². The standard InChI is InChI=1S/C30H35N5O3S/c1-4-32-29(38)33-17-22-9-5-7-11-24(22)21-15-13-20(14-16-21)18-35-19-23-10-6-8-12-25(23)39-26(27(35)36)34-28(37)30(2,3)31/h5-16,26H,4,17-19,31H2,1-3H3,(H,34,37)(H2,32,33,38)/t26-/m1/s1. The quantitative estimate of drug-likeness (QED) is 0.342. The maximum absolute atomic E-state index is 13.6. The molecule has 0 bridgehead atoms. The number of urea groups is 1. The highest BCUT2D eigenvalue weighted by molar-refractivity contribution is 8.00. The lowest BCUT2D eigenvalue weighted by molar-refractivity contribution is -0.135. The molecule has 1 atom stereocenters. The van der Waals surface area contributed by atoms with Gasteiger partial charge in [0.15, 0.2) is 5.37 Å². The first-order valence-electron chi connectivity index (χ1n) is 13.0. The molecule has 0 spiro atoms. The van der Waals surface area contributed by atoms with Crippen molar-refractivity contribution in [2.45, 2.75) is 56.2 Å². The van der Waals surface area contributed by atoms with Crippen LogP contribution in [-0.2, 0) is 29.2 Å². The van der Waals surface area contributed by atoms with Gasteiger partial charge >= 0.3 is 6.03 Å². The summed E-state index contributed by atoms with van der Waals surface area (Å²) in [6.45, 7) is 6.93. The fourth-order valence-electron chi connectivity index (χ4n) is 4.27. The fourth-order valence-corrected chi connectivity index (χ4v) is 5.38. The summed E-state index contributed by atoms with van der Waals surface area (Å²) in [5, 5.41) is 7.70. The van der Waals surface area contributed by atoms with Crippen molar-refractivity contribution in [2.75, 3.05) is 6.54 Å². The van der Waals surface area contributed by atoms with E-state index in [0.29, 0.717) is 26.2 Å². The van der Waals surface area contributed by atoms with Gasteiger partial charge < -0.3 is 26.6 Å². The number of nitrogens with one attached hydrogen (secondary N) is 3. The Labute approximate surface area is 233 Å². The fraction of sp³-hybridized carbons (Fsp3) is 0.300. The van der Waals surface area contributed by atoms with Crippen LogP contribution >= 0.6 is 11.8 Å². The molecule has 0 saturated carbocycles. The summed E-state index contributed by atoms with van der Waals surface area (Å²) in [7, 11) is 0. The van der Waals surface area contributed by atoms with E-state index < -0.39 is 10.9 Å². The van der Waals surface area contributed by atoms with Crippen LogP contribution in [0.2, 0.25) is 0 Å². The van der Waals surface area contributed by atoms with Crippen molar-refractivity contribution in [3.63, 3.8) is 0 Å². The summed E-state index contributed by atoms with van der Waals surface area (Å²) in [5.41, 5.74) is 9.95. The molecule has 0 fully saturated rings. The Balaban J connectivity index is 1.53. The van der Waals surface area contributed by atoms with E-state index in [1.54, 1.807) is 18.7 Å². The number of nitrogens with two attached hydrogens (primary N) is 1. The summed E-state index contributed by atoms with van der Waals surface area (Å²) >= 11 is 1.34. The van der Waals surface area contributed by atoms with Crippen molar-refractivity contribution in [3.8, 4) is 11.1 Å². The zero-order valence-corrected chi connectivity index (χ0v) is 23.3.